The van der Waals surface area contributed by atoms with Gasteiger partial charge < -0.3 is 20.5 Å². The van der Waals surface area contributed by atoms with E-state index in [9.17, 15) is 4.79 Å². The Morgan fingerprint density at radius 2 is 2.09 bits per heavy atom. The highest BCUT2D eigenvalue weighted by Gasteiger charge is 2.11. The molecular formula is C17H21N3O3. The van der Waals surface area contributed by atoms with Crippen LogP contribution in [-0.4, -0.2) is 24.5 Å². The Labute approximate surface area is 135 Å². The second-order valence-corrected chi connectivity index (χ2v) is 5.27. The minimum Gasteiger partial charge on any atom is -0.493 e. The number of rotatable bonds is 6. The molecule has 3 N–H and O–H groups in total. The number of nitrogens with zero attached hydrogens (tertiary/aromatic N) is 1. The first-order chi connectivity index (χ1) is 11.0. The van der Waals surface area contributed by atoms with Gasteiger partial charge in [-0.2, -0.15) is 0 Å². The van der Waals surface area contributed by atoms with Crippen molar-refractivity contribution in [2.45, 2.75) is 13.8 Å². The molecule has 122 valence electrons. The summed E-state index contributed by atoms with van der Waals surface area (Å²) in [5, 5.41) is 2.75. The third-order valence-electron chi connectivity index (χ3n) is 3.34. The molecule has 1 aromatic heterocycles. The number of aryl methyl sites for hydroxylation is 1. The second kappa shape index (κ2) is 7.60. The Balaban J connectivity index is 2.07. The standard InChI is InChI=1S/C17H21N3O3/c1-11-4-6-14(15(8-11)22-3)23-16-7-5-13(10-19-16)20-17(21)12(2)9-18/h4-8,10,12H,9,18H2,1-3H3,(H,20,21). The average Bonchev–Trinajstić information content (AvgIpc) is 2.57. The summed E-state index contributed by atoms with van der Waals surface area (Å²) >= 11 is 0. The number of hydrogen-bond acceptors (Lipinski definition) is 5. The number of benzene rings is 1. The van der Waals surface area contributed by atoms with Crippen LogP contribution in [-0.2, 0) is 4.79 Å². The van der Waals surface area contributed by atoms with Crippen molar-refractivity contribution >= 4 is 11.6 Å². The predicted molar refractivity (Wildman–Crippen MR) is 88.9 cm³/mol. The number of carbonyl (C=O) groups is 1. The maximum absolute atomic E-state index is 11.8. The van der Waals surface area contributed by atoms with Crippen LogP contribution in [0.1, 0.15) is 12.5 Å². The molecule has 1 amide bonds. The van der Waals surface area contributed by atoms with Gasteiger partial charge in [0.05, 0.1) is 19.0 Å². The van der Waals surface area contributed by atoms with E-state index in [0.29, 0.717) is 29.6 Å². The minimum absolute atomic E-state index is 0.136. The van der Waals surface area contributed by atoms with Crippen molar-refractivity contribution in [3.8, 4) is 17.4 Å². The van der Waals surface area contributed by atoms with E-state index in [2.05, 4.69) is 10.3 Å². The Kier molecular flexibility index (Phi) is 5.54. The zero-order valence-electron chi connectivity index (χ0n) is 13.5. The summed E-state index contributed by atoms with van der Waals surface area (Å²) in [6.45, 7) is 4.04. The van der Waals surface area contributed by atoms with E-state index >= 15 is 0 Å². The van der Waals surface area contributed by atoms with Crippen molar-refractivity contribution in [2.24, 2.45) is 11.7 Å². The van der Waals surface area contributed by atoms with Crippen LogP contribution in [0.3, 0.4) is 0 Å². The summed E-state index contributed by atoms with van der Waals surface area (Å²) < 4.78 is 11.0. The quantitative estimate of drug-likeness (QED) is 0.856. The Hall–Kier alpha value is -2.60. The van der Waals surface area contributed by atoms with Crippen LogP contribution < -0.4 is 20.5 Å². The molecule has 1 aromatic carbocycles. The van der Waals surface area contributed by atoms with Gasteiger partial charge in [0.1, 0.15) is 0 Å². The van der Waals surface area contributed by atoms with Crippen LogP contribution in [0, 0.1) is 12.8 Å². The van der Waals surface area contributed by atoms with E-state index in [1.807, 2.05) is 25.1 Å². The van der Waals surface area contributed by atoms with E-state index in [1.54, 1.807) is 26.2 Å². The molecule has 2 aromatic rings. The lowest BCUT2D eigenvalue weighted by molar-refractivity contribution is -0.119. The molecule has 0 saturated carbocycles. The lowest BCUT2D eigenvalue weighted by Crippen LogP contribution is -2.26. The first kappa shape index (κ1) is 16.8. The van der Waals surface area contributed by atoms with Crippen molar-refractivity contribution in [3.05, 3.63) is 42.1 Å². The number of aromatic nitrogens is 1. The number of carbonyl (C=O) groups excluding carboxylic acids is 1. The summed E-state index contributed by atoms with van der Waals surface area (Å²) in [6.07, 6.45) is 1.54. The average molecular weight is 315 g/mol. The third-order valence-corrected chi connectivity index (χ3v) is 3.34. The van der Waals surface area contributed by atoms with Crippen LogP contribution in [0.5, 0.6) is 17.4 Å². The van der Waals surface area contributed by atoms with Gasteiger partial charge in [0.15, 0.2) is 11.5 Å². The van der Waals surface area contributed by atoms with Gasteiger partial charge in [-0.1, -0.05) is 13.0 Å². The normalized spacial score (nSPS) is 11.7. The molecule has 0 aliphatic carbocycles. The van der Waals surface area contributed by atoms with Crippen molar-refractivity contribution in [1.29, 1.82) is 0 Å². The molecule has 1 heterocycles. The number of ether oxygens (including phenoxy) is 2. The highest BCUT2D eigenvalue weighted by atomic mass is 16.5. The monoisotopic (exact) mass is 315 g/mol. The van der Waals surface area contributed by atoms with E-state index in [4.69, 9.17) is 15.2 Å². The summed E-state index contributed by atoms with van der Waals surface area (Å²) in [4.78, 5) is 16.0. The fourth-order valence-electron chi connectivity index (χ4n) is 1.86. The smallest absolute Gasteiger partial charge is 0.228 e. The number of pyridine rings is 1. The summed E-state index contributed by atoms with van der Waals surface area (Å²) in [5.74, 6) is 1.25. The molecule has 6 heteroatoms. The highest BCUT2D eigenvalue weighted by molar-refractivity contribution is 5.92. The van der Waals surface area contributed by atoms with Crippen molar-refractivity contribution in [2.75, 3.05) is 19.0 Å². The number of methoxy groups -OCH3 is 1. The summed E-state index contributed by atoms with van der Waals surface area (Å²) in [6, 6.07) is 9.05. The fraction of sp³-hybridized carbons (Fsp3) is 0.294. The highest BCUT2D eigenvalue weighted by Crippen LogP contribution is 2.31. The van der Waals surface area contributed by atoms with E-state index in [0.717, 1.165) is 5.56 Å². The molecule has 0 saturated heterocycles. The van der Waals surface area contributed by atoms with Crippen molar-refractivity contribution in [1.82, 2.24) is 4.98 Å². The molecule has 2 rings (SSSR count). The van der Waals surface area contributed by atoms with Crippen LogP contribution in [0.15, 0.2) is 36.5 Å². The molecule has 0 bridgehead atoms. The Morgan fingerprint density at radius 1 is 1.30 bits per heavy atom. The summed E-state index contributed by atoms with van der Waals surface area (Å²) in [7, 11) is 1.59. The molecule has 6 nitrogen and oxygen atoms in total. The van der Waals surface area contributed by atoms with Crippen LogP contribution in [0.2, 0.25) is 0 Å². The molecule has 0 fully saturated rings. The van der Waals surface area contributed by atoms with E-state index in [-0.39, 0.29) is 11.8 Å². The molecule has 1 unspecified atom stereocenters. The van der Waals surface area contributed by atoms with Gasteiger partial charge in [-0.05, 0) is 30.7 Å². The second-order valence-electron chi connectivity index (χ2n) is 5.27. The lowest BCUT2D eigenvalue weighted by atomic mass is 10.1. The van der Waals surface area contributed by atoms with E-state index < -0.39 is 0 Å². The van der Waals surface area contributed by atoms with Crippen LogP contribution in [0.4, 0.5) is 5.69 Å². The van der Waals surface area contributed by atoms with Gasteiger partial charge >= 0.3 is 0 Å². The fourth-order valence-corrected chi connectivity index (χ4v) is 1.86. The number of amides is 1. The molecule has 0 spiro atoms. The maximum Gasteiger partial charge on any atom is 0.228 e. The molecule has 0 aliphatic heterocycles. The SMILES string of the molecule is COc1cc(C)ccc1Oc1ccc(NC(=O)C(C)CN)cn1. The number of nitrogens with two attached hydrogens (primary N) is 1. The first-order valence-corrected chi connectivity index (χ1v) is 7.33. The first-order valence-electron chi connectivity index (χ1n) is 7.33. The van der Waals surface area contributed by atoms with E-state index in [1.165, 1.54) is 6.20 Å². The number of nitrogens with one attached hydrogen (secondary N) is 1. The largest absolute Gasteiger partial charge is 0.493 e. The third kappa shape index (κ3) is 4.43. The van der Waals surface area contributed by atoms with Gasteiger partial charge in [0.25, 0.3) is 0 Å². The van der Waals surface area contributed by atoms with Crippen molar-refractivity contribution < 1.29 is 14.3 Å². The Bertz CT molecular complexity index is 671. The molecule has 23 heavy (non-hydrogen) atoms. The zero-order valence-corrected chi connectivity index (χ0v) is 13.5. The van der Waals surface area contributed by atoms with Crippen LogP contribution in [0.25, 0.3) is 0 Å². The van der Waals surface area contributed by atoms with Gasteiger partial charge in [-0.25, -0.2) is 4.98 Å². The topological polar surface area (TPSA) is 86.5 Å². The lowest BCUT2D eigenvalue weighted by Gasteiger charge is -2.12. The number of anilines is 1. The number of hydrogen-bond donors (Lipinski definition) is 2. The summed E-state index contributed by atoms with van der Waals surface area (Å²) in [5.41, 5.74) is 7.14. The molecular weight excluding hydrogens is 294 g/mol. The molecule has 0 aliphatic rings. The van der Waals surface area contributed by atoms with Gasteiger partial charge in [0, 0.05) is 18.5 Å². The van der Waals surface area contributed by atoms with Crippen LogP contribution >= 0.6 is 0 Å². The Morgan fingerprint density at radius 3 is 2.70 bits per heavy atom. The van der Waals surface area contributed by atoms with Gasteiger partial charge in [-0.3, -0.25) is 4.79 Å². The zero-order chi connectivity index (χ0) is 16.8. The minimum atomic E-state index is -0.247. The molecule has 0 radical (unpaired) electrons. The molecule has 1 atom stereocenters. The predicted octanol–water partition coefficient (Wildman–Crippen LogP) is 2.72. The van der Waals surface area contributed by atoms with Gasteiger partial charge in [0.2, 0.25) is 11.8 Å². The van der Waals surface area contributed by atoms with Crippen molar-refractivity contribution in [3.63, 3.8) is 0 Å². The van der Waals surface area contributed by atoms with Gasteiger partial charge in [-0.15, -0.1) is 0 Å². The maximum atomic E-state index is 11.8.